The fraction of sp³-hybridized carbons (Fsp3) is 0.500. The lowest BCUT2D eigenvalue weighted by Crippen LogP contribution is -2.16. The first-order valence-corrected chi connectivity index (χ1v) is 11.8. The summed E-state index contributed by atoms with van der Waals surface area (Å²) in [5, 5.41) is 0. The van der Waals surface area contributed by atoms with Crippen LogP contribution in [0, 0.1) is 13.8 Å². The van der Waals surface area contributed by atoms with Crippen LogP contribution in [0.5, 0.6) is 0 Å². The van der Waals surface area contributed by atoms with Crippen LogP contribution in [-0.2, 0) is 6.42 Å². The topological polar surface area (TPSA) is 34.1 Å². The molecule has 0 N–H and O–H groups in total. The van der Waals surface area contributed by atoms with E-state index < -0.39 is 11.6 Å². The predicted molar refractivity (Wildman–Crippen MR) is 127 cm³/mol. The molecule has 0 spiro atoms. The summed E-state index contributed by atoms with van der Waals surface area (Å²) in [5.41, 5.74) is 4.38. The maximum atomic E-state index is 12.7. The summed E-state index contributed by atoms with van der Waals surface area (Å²) < 4.78 is 0. The third-order valence-corrected chi connectivity index (χ3v) is 6.19. The van der Waals surface area contributed by atoms with Crippen LogP contribution in [0.3, 0.4) is 0 Å². The van der Waals surface area contributed by atoms with Gasteiger partial charge in [-0.2, -0.15) is 0 Å². The van der Waals surface area contributed by atoms with Gasteiger partial charge in [-0.1, -0.05) is 107 Å². The minimum absolute atomic E-state index is 0.410. The van der Waals surface area contributed by atoms with Gasteiger partial charge in [0.05, 0.1) is 0 Å². The van der Waals surface area contributed by atoms with E-state index in [1.165, 1.54) is 69.8 Å². The number of hydrogen-bond donors (Lipinski definition) is 0. The lowest BCUT2D eigenvalue weighted by molar-refractivity contribution is 0.0816. The summed E-state index contributed by atoms with van der Waals surface area (Å²) in [6.07, 6.45) is 14.4. The van der Waals surface area contributed by atoms with E-state index in [9.17, 15) is 9.59 Å². The molecule has 0 saturated carbocycles. The van der Waals surface area contributed by atoms with Crippen molar-refractivity contribution in [1.82, 2.24) is 0 Å². The van der Waals surface area contributed by atoms with Crippen molar-refractivity contribution in [3.05, 3.63) is 70.3 Å². The summed E-state index contributed by atoms with van der Waals surface area (Å²) in [4.78, 5) is 25.2. The predicted octanol–water partition coefficient (Wildman–Crippen LogP) is 7.83. The average Bonchev–Trinajstić information content (AvgIpc) is 2.77. The number of benzene rings is 2. The summed E-state index contributed by atoms with van der Waals surface area (Å²) >= 11 is 0. The third-order valence-electron chi connectivity index (χ3n) is 6.19. The average molecular weight is 407 g/mol. The van der Waals surface area contributed by atoms with Crippen molar-refractivity contribution in [2.75, 3.05) is 0 Å². The molecule has 2 aromatic carbocycles. The lowest BCUT2D eigenvalue weighted by Gasteiger charge is -2.13. The zero-order chi connectivity index (χ0) is 21.8. The Hall–Kier alpha value is -2.22. The maximum Gasteiger partial charge on any atom is 0.233 e. The molecule has 0 unspecified atom stereocenters. The second kappa shape index (κ2) is 13.2. The number of ketones is 2. The van der Waals surface area contributed by atoms with E-state index in [0.29, 0.717) is 11.1 Å². The van der Waals surface area contributed by atoms with E-state index in [0.717, 1.165) is 17.5 Å². The first kappa shape index (κ1) is 24.1. The summed E-state index contributed by atoms with van der Waals surface area (Å²) in [6.45, 7) is 6.30. The van der Waals surface area contributed by atoms with Gasteiger partial charge in [-0.3, -0.25) is 9.59 Å². The van der Waals surface area contributed by atoms with Gasteiger partial charge in [0.25, 0.3) is 0 Å². The lowest BCUT2D eigenvalue weighted by atomic mass is 9.91. The van der Waals surface area contributed by atoms with E-state index in [1.807, 2.05) is 25.1 Å². The number of rotatable bonds is 14. The van der Waals surface area contributed by atoms with Crippen molar-refractivity contribution in [3.8, 4) is 0 Å². The van der Waals surface area contributed by atoms with Crippen LogP contribution < -0.4 is 0 Å². The minimum Gasteiger partial charge on any atom is -0.285 e. The van der Waals surface area contributed by atoms with E-state index in [2.05, 4.69) is 13.8 Å². The van der Waals surface area contributed by atoms with Gasteiger partial charge in [0.1, 0.15) is 0 Å². The van der Waals surface area contributed by atoms with Crippen LogP contribution in [-0.4, -0.2) is 11.6 Å². The second-order valence-corrected chi connectivity index (χ2v) is 8.48. The first-order chi connectivity index (χ1) is 14.6. The molecule has 0 amide bonds. The Bertz CT molecular complexity index is 805. The zero-order valence-corrected chi connectivity index (χ0v) is 19.1. The monoisotopic (exact) mass is 406 g/mol. The highest BCUT2D eigenvalue weighted by molar-refractivity contribution is 6.49. The van der Waals surface area contributed by atoms with Crippen molar-refractivity contribution in [1.29, 1.82) is 0 Å². The summed E-state index contributed by atoms with van der Waals surface area (Å²) in [5.74, 6) is -0.840. The molecule has 2 rings (SSSR count). The van der Waals surface area contributed by atoms with Crippen LogP contribution in [0.1, 0.15) is 109 Å². The van der Waals surface area contributed by atoms with Crippen LogP contribution in [0.15, 0.2) is 42.5 Å². The van der Waals surface area contributed by atoms with Crippen LogP contribution in [0.2, 0.25) is 0 Å². The van der Waals surface area contributed by atoms with Gasteiger partial charge < -0.3 is 0 Å². The van der Waals surface area contributed by atoms with E-state index >= 15 is 0 Å². The van der Waals surface area contributed by atoms with Gasteiger partial charge in [0.15, 0.2) is 0 Å². The molecule has 0 atom stereocenters. The standard InChI is InChI=1S/C28H38O2/c1-4-5-6-7-8-9-10-11-12-14-17-24-20-21-26(23(3)22(24)2)28(30)27(29)25-18-15-13-16-19-25/h13,15-16,18-21H,4-12,14,17H2,1-3H3. The molecule has 2 nitrogen and oxygen atoms in total. The zero-order valence-electron chi connectivity index (χ0n) is 19.1. The normalized spacial score (nSPS) is 10.9. The molecule has 2 heteroatoms. The molecule has 0 aliphatic rings. The highest BCUT2D eigenvalue weighted by Gasteiger charge is 2.21. The highest BCUT2D eigenvalue weighted by Crippen LogP contribution is 2.22. The molecule has 30 heavy (non-hydrogen) atoms. The molecule has 0 bridgehead atoms. The SMILES string of the molecule is CCCCCCCCCCCCc1ccc(C(=O)C(=O)c2ccccc2)c(C)c1C. The number of carbonyl (C=O) groups is 2. The van der Waals surface area contributed by atoms with Crippen molar-refractivity contribution in [2.45, 2.75) is 91.4 Å². The van der Waals surface area contributed by atoms with Crippen molar-refractivity contribution >= 4 is 11.6 Å². The maximum absolute atomic E-state index is 12.7. The summed E-state index contributed by atoms with van der Waals surface area (Å²) in [7, 11) is 0. The molecule has 2 aromatic rings. The van der Waals surface area contributed by atoms with Gasteiger partial charge in [0.2, 0.25) is 11.6 Å². The number of Topliss-reactive ketones (excluding diaryl/α,β-unsaturated/α-hetero) is 2. The smallest absolute Gasteiger partial charge is 0.233 e. The Labute approximate surface area is 183 Å². The molecule has 162 valence electrons. The number of unbranched alkanes of at least 4 members (excludes halogenated alkanes) is 9. The number of carbonyl (C=O) groups excluding carboxylic acids is 2. The van der Waals surface area contributed by atoms with Gasteiger partial charge in [-0.15, -0.1) is 0 Å². The largest absolute Gasteiger partial charge is 0.285 e. The fourth-order valence-corrected chi connectivity index (χ4v) is 4.04. The third kappa shape index (κ3) is 7.23. The molecule has 0 radical (unpaired) electrons. The molecule has 0 fully saturated rings. The summed E-state index contributed by atoms with van der Waals surface area (Å²) in [6, 6.07) is 12.7. The Morgan fingerprint density at radius 1 is 0.633 bits per heavy atom. The van der Waals surface area contributed by atoms with Crippen molar-refractivity contribution in [2.24, 2.45) is 0 Å². The first-order valence-electron chi connectivity index (χ1n) is 11.8. The highest BCUT2D eigenvalue weighted by atomic mass is 16.2. The van der Waals surface area contributed by atoms with Gasteiger partial charge in [-0.05, 0) is 43.4 Å². The number of aryl methyl sites for hydroxylation is 1. The number of hydrogen-bond acceptors (Lipinski definition) is 2. The van der Waals surface area contributed by atoms with Crippen molar-refractivity contribution in [3.63, 3.8) is 0 Å². The molecule has 0 aliphatic carbocycles. The quantitative estimate of drug-likeness (QED) is 0.182. The van der Waals surface area contributed by atoms with Crippen molar-refractivity contribution < 1.29 is 9.59 Å². The van der Waals surface area contributed by atoms with E-state index in [1.54, 1.807) is 24.3 Å². The van der Waals surface area contributed by atoms with Crippen LogP contribution >= 0.6 is 0 Å². The van der Waals surface area contributed by atoms with E-state index in [4.69, 9.17) is 0 Å². The van der Waals surface area contributed by atoms with E-state index in [-0.39, 0.29) is 0 Å². The second-order valence-electron chi connectivity index (χ2n) is 8.48. The molecule has 0 aliphatic heterocycles. The van der Waals surface area contributed by atoms with Gasteiger partial charge in [-0.25, -0.2) is 0 Å². The van der Waals surface area contributed by atoms with Crippen LogP contribution in [0.25, 0.3) is 0 Å². The molecule has 0 heterocycles. The minimum atomic E-state index is -0.430. The van der Waals surface area contributed by atoms with Gasteiger partial charge in [0, 0.05) is 11.1 Å². The molecule has 0 aromatic heterocycles. The Morgan fingerprint density at radius 3 is 1.80 bits per heavy atom. The van der Waals surface area contributed by atoms with Gasteiger partial charge >= 0.3 is 0 Å². The fourth-order valence-electron chi connectivity index (χ4n) is 4.04. The molecule has 0 saturated heterocycles. The molecular formula is C28H38O2. The Kier molecular flexibility index (Phi) is 10.5. The Morgan fingerprint density at radius 2 is 1.20 bits per heavy atom. The Balaban J connectivity index is 1.80. The van der Waals surface area contributed by atoms with Crippen LogP contribution in [0.4, 0.5) is 0 Å². The molecular weight excluding hydrogens is 368 g/mol.